The molecule has 2 aromatic rings. The first-order valence-corrected chi connectivity index (χ1v) is 16.8. The Morgan fingerprint density at radius 2 is 1.86 bits per heavy atom. The van der Waals surface area contributed by atoms with Crippen LogP contribution in [0.2, 0.25) is 0 Å². The number of unbranched alkanes of at least 4 members (excludes halogenated alkanes) is 2. The summed E-state index contributed by atoms with van der Waals surface area (Å²) in [6.07, 6.45) is 9.40. The number of amides is 1. The summed E-state index contributed by atoms with van der Waals surface area (Å²) >= 11 is 0. The Kier molecular flexibility index (Phi) is 10.5. The Bertz CT molecular complexity index is 1210. The lowest BCUT2D eigenvalue weighted by Gasteiger charge is -2.57. The highest BCUT2D eigenvalue weighted by Crippen LogP contribution is 2.52. The average Bonchev–Trinajstić information content (AvgIpc) is 3.80. The molecule has 0 radical (unpaired) electrons. The number of hydrogen-bond acceptors (Lipinski definition) is 5. The van der Waals surface area contributed by atoms with E-state index >= 15 is 0 Å². The van der Waals surface area contributed by atoms with Crippen molar-refractivity contribution in [2.75, 3.05) is 26.2 Å². The van der Waals surface area contributed by atoms with Gasteiger partial charge >= 0.3 is 5.97 Å². The van der Waals surface area contributed by atoms with Crippen molar-refractivity contribution < 1.29 is 19.4 Å². The number of aromatic hydroxyl groups is 1. The van der Waals surface area contributed by atoms with Crippen molar-refractivity contribution in [3.63, 3.8) is 0 Å². The van der Waals surface area contributed by atoms with Crippen LogP contribution in [0.25, 0.3) is 0 Å². The number of ether oxygens (including phenoxy) is 1. The van der Waals surface area contributed by atoms with Gasteiger partial charge in [-0.05, 0) is 86.6 Å². The van der Waals surface area contributed by atoms with E-state index < -0.39 is 0 Å². The van der Waals surface area contributed by atoms with Crippen LogP contribution < -0.4 is 0 Å². The Labute approximate surface area is 258 Å². The summed E-state index contributed by atoms with van der Waals surface area (Å²) in [5, 5.41) is 10.6. The first-order valence-electron chi connectivity index (χ1n) is 16.8. The summed E-state index contributed by atoms with van der Waals surface area (Å²) in [5.41, 5.74) is 2.19. The van der Waals surface area contributed by atoms with E-state index in [0.717, 1.165) is 69.6 Å². The molecular formula is C37H52N2O4. The van der Waals surface area contributed by atoms with Gasteiger partial charge in [0.2, 0.25) is 5.91 Å². The molecule has 234 valence electrons. The van der Waals surface area contributed by atoms with Crippen LogP contribution >= 0.6 is 0 Å². The molecule has 3 fully saturated rings. The summed E-state index contributed by atoms with van der Waals surface area (Å²) in [5.74, 6) is 1.48. The molecule has 0 aromatic heterocycles. The molecule has 3 aliphatic rings. The monoisotopic (exact) mass is 588 g/mol. The summed E-state index contributed by atoms with van der Waals surface area (Å²) in [7, 11) is 0. The molecule has 43 heavy (non-hydrogen) atoms. The summed E-state index contributed by atoms with van der Waals surface area (Å²) in [4.78, 5) is 31.1. The summed E-state index contributed by atoms with van der Waals surface area (Å²) in [6, 6.07) is 18.3. The normalized spacial score (nSPS) is 25.7. The van der Waals surface area contributed by atoms with Crippen LogP contribution in [0.5, 0.6) is 5.75 Å². The minimum Gasteiger partial charge on any atom is -0.508 e. The molecule has 4 atom stereocenters. The molecule has 6 heteroatoms. The number of aryl methyl sites for hydroxylation is 1. The number of benzene rings is 2. The molecule has 0 bridgehead atoms. The maximum Gasteiger partial charge on any atom is 0.302 e. The van der Waals surface area contributed by atoms with E-state index in [9.17, 15) is 14.7 Å². The van der Waals surface area contributed by atoms with Gasteiger partial charge < -0.3 is 19.6 Å². The second kappa shape index (κ2) is 14.3. The lowest BCUT2D eigenvalue weighted by Crippen LogP contribution is -2.62. The van der Waals surface area contributed by atoms with Gasteiger partial charge in [0.25, 0.3) is 0 Å². The largest absolute Gasteiger partial charge is 0.508 e. The summed E-state index contributed by atoms with van der Waals surface area (Å²) in [6.45, 7) is 9.56. The number of carbonyl (C=O) groups is 2. The molecule has 2 aliphatic carbocycles. The second-order valence-electron chi connectivity index (χ2n) is 14.0. The van der Waals surface area contributed by atoms with Gasteiger partial charge in [-0.2, -0.15) is 0 Å². The minimum atomic E-state index is -0.271. The van der Waals surface area contributed by atoms with Gasteiger partial charge in [-0.1, -0.05) is 62.7 Å². The highest BCUT2D eigenvalue weighted by Gasteiger charge is 2.55. The number of hydrogen-bond donors (Lipinski definition) is 1. The quantitative estimate of drug-likeness (QED) is 0.207. The highest BCUT2D eigenvalue weighted by atomic mass is 16.5. The van der Waals surface area contributed by atoms with Gasteiger partial charge in [0.15, 0.2) is 0 Å². The Hall–Kier alpha value is -2.86. The zero-order valence-corrected chi connectivity index (χ0v) is 26.5. The number of likely N-dealkylation sites (tertiary alicyclic amines) is 1. The van der Waals surface area contributed by atoms with Gasteiger partial charge in [0, 0.05) is 56.8 Å². The fraction of sp³-hybridized carbons (Fsp3) is 0.622. The Balaban J connectivity index is 1.36. The molecule has 5 rings (SSSR count). The predicted octanol–water partition coefficient (Wildman–Crippen LogP) is 6.74. The minimum absolute atomic E-state index is 0.0165. The number of nitrogens with zero attached hydrogens (tertiary/aromatic N) is 2. The van der Waals surface area contributed by atoms with Gasteiger partial charge in [0.05, 0.1) is 0 Å². The molecule has 1 heterocycles. The number of phenols is 1. The van der Waals surface area contributed by atoms with Crippen LogP contribution in [0.1, 0.15) is 89.7 Å². The third-order valence-electron chi connectivity index (χ3n) is 10.1. The number of fused-ring (bicyclic) bond motifs is 1. The van der Waals surface area contributed by atoms with Crippen LogP contribution in [-0.4, -0.2) is 65.1 Å². The van der Waals surface area contributed by atoms with Crippen LogP contribution in [0.4, 0.5) is 0 Å². The van der Waals surface area contributed by atoms with E-state index in [1.54, 1.807) is 6.07 Å². The number of rotatable bonds is 13. The van der Waals surface area contributed by atoms with E-state index in [4.69, 9.17) is 4.74 Å². The van der Waals surface area contributed by atoms with E-state index in [1.807, 2.05) is 18.2 Å². The zero-order chi connectivity index (χ0) is 30.4. The Morgan fingerprint density at radius 3 is 2.56 bits per heavy atom. The van der Waals surface area contributed by atoms with Crippen molar-refractivity contribution in [1.82, 2.24) is 9.80 Å². The fourth-order valence-electron chi connectivity index (χ4n) is 7.87. The van der Waals surface area contributed by atoms with E-state index in [2.05, 4.69) is 54.0 Å². The van der Waals surface area contributed by atoms with Gasteiger partial charge in [-0.25, -0.2) is 0 Å². The van der Waals surface area contributed by atoms with Crippen LogP contribution in [-0.2, 0) is 26.2 Å². The number of carbonyl (C=O) groups excluding carboxylic acids is 2. The molecule has 2 saturated carbocycles. The Morgan fingerprint density at radius 1 is 1.07 bits per heavy atom. The van der Waals surface area contributed by atoms with E-state index in [0.29, 0.717) is 25.3 Å². The van der Waals surface area contributed by atoms with Crippen LogP contribution in [0, 0.1) is 17.8 Å². The first-order chi connectivity index (χ1) is 20.7. The smallest absolute Gasteiger partial charge is 0.302 e. The standard InChI is InChI=1S/C37H52N2O4/c1-27(2)24-39(36(42)16-9-5-8-13-29-11-6-4-7-12-29)32-22-35(43-28(3)40)34-26-38(25-30-17-18-30)20-19-37(34,23-32)31-14-10-15-33(41)21-31/h4,6-7,10-12,14-15,21,27,30,32,34-35,41H,5,8-9,13,16-20,22-26H2,1-3H3/t32-,34+,35?,37+/m1/s1. The fourth-order valence-corrected chi connectivity index (χ4v) is 7.87. The van der Waals surface area contributed by atoms with Gasteiger partial charge in [-0.3, -0.25) is 9.59 Å². The van der Waals surface area contributed by atoms with Crippen LogP contribution in [0.3, 0.4) is 0 Å². The number of esters is 1. The van der Waals surface area contributed by atoms with Crippen molar-refractivity contribution in [2.24, 2.45) is 17.8 Å². The number of phenolic OH excluding ortho intramolecular Hbond substituents is 1. The lowest BCUT2D eigenvalue weighted by molar-refractivity contribution is -0.161. The molecule has 1 N–H and O–H groups in total. The van der Waals surface area contributed by atoms with Gasteiger partial charge in [0.1, 0.15) is 11.9 Å². The lowest BCUT2D eigenvalue weighted by atomic mass is 9.56. The average molecular weight is 589 g/mol. The first kappa shape index (κ1) is 31.6. The van der Waals surface area contributed by atoms with Crippen molar-refractivity contribution in [1.29, 1.82) is 0 Å². The zero-order valence-electron chi connectivity index (χ0n) is 26.5. The van der Waals surface area contributed by atoms with E-state index in [1.165, 1.54) is 25.3 Å². The van der Waals surface area contributed by atoms with Crippen molar-refractivity contribution >= 4 is 11.9 Å². The summed E-state index contributed by atoms with van der Waals surface area (Å²) < 4.78 is 6.16. The third-order valence-corrected chi connectivity index (χ3v) is 10.1. The molecule has 1 aliphatic heterocycles. The second-order valence-corrected chi connectivity index (χ2v) is 14.0. The van der Waals surface area contributed by atoms with E-state index in [-0.39, 0.29) is 41.1 Å². The molecular weight excluding hydrogens is 536 g/mol. The van der Waals surface area contributed by atoms with Gasteiger partial charge in [-0.15, -0.1) is 0 Å². The SMILES string of the molecule is CC(=O)OC1C[C@@H](N(CC(C)C)C(=O)CCCCCc2ccccc2)C[C@]2(c3cccc(O)c3)CCN(CC3CC3)C[C@@H]12. The maximum absolute atomic E-state index is 13.9. The molecule has 1 unspecified atom stereocenters. The molecule has 2 aromatic carbocycles. The molecule has 6 nitrogen and oxygen atoms in total. The highest BCUT2D eigenvalue weighted by molar-refractivity contribution is 5.76. The van der Waals surface area contributed by atoms with Crippen molar-refractivity contribution in [2.45, 2.75) is 103 Å². The maximum atomic E-state index is 13.9. The molecule has 1 saturated heterocycles. The molecule has 1 amide bonds. The van der Waals surface area contributed by atoms with Crippen molar-refractivity contribution in [3.8, 4) is 5.75 Å². The predicted molar refractivity (Wildman–Crippen MR) is 171 cm³/mol. The van der Waals surface area contributed by atoms with Crippen LogP contribution in [0.15, 0.2) is 54.6 Å². The third kappa shape index (κ3) is 8.20. The number of piperidine rings is 1. The molecule has 0 spiro atoms. The van der Waals surface area contributed by atoms with Crippen molar-refractivity contribution in [3.05, 3.63) is 65.7 Å². The topological polar surface area (TPSA) is 70.1 Å².